The van der Waals surface area contributed by atoms with E-state index in [4.69, 9.17) is 4.74 Å². The molecule has 0 saturated carbocycles. The largest absolute Gasteiger partial charge is 0.394 e. The Bertz CT molecular complexity index is 599. The van der Waals surface area contributed by atoms with Crippen molar-refractivity contribution in [3.8, 4) is 0 Å². The molecule has 0 radical (unpaired) electrons. The van der Waals surface area contributed by atoms with Crippen LogP contribution in [0.2, 0.25) is 0 Å². The summed E-state index contributed by atoms with van der Waals surface area (Å²) in [6, 6.07) is 0.158. The molecule has 1 saturated heterocycles. The minimum Gasteiger partial charge on any atom is -0.394 e. The molecule has 3 rings (SSSR count). The molecule has 7 nitrogen and oxygen atoms in total. The van der Waals surface area contributed by atoms with Crippen LogP contribution in [-0.4, -0.2) is 57.3 Å². The standard InChI is InChI=1S/C13H19N5O2/c1-9(7-19)18-12-11(6-15-18)5-14-13(16-12)17-3-4-20-8-10(17)2/h5-6,9-10,19H,3-4,7-8H2,1-2H3/t9?,10-/m0/s1. The average molecular weight is 277 g/mol. The van der Waals surface area contributed by atoms with Gasteiger partial charge in [0.1, 0.15) is 0 Å². The molecule has 0 bridgehead atoms. The van der Waals surface area contributed by atoms with Gasteiger partial charge in [0.15, 0.2) is 5.65 Å². The van der Waals surface area contributed by atoms with Crippen LogP contribution in [0.4, 0.5) is 5.95 Å². The Hall–Kier alpha value is -1.73. The van der Waals surface area contributed by atoms with E-state index in [1.165, 1.54) is 0 Å². The van der Waals surface area contributed by atoms with Crippen LogP contribution in [-0.2, 0) is 4.74 Å². The van der Waals surface area contributed by atoms with Crippen LogP contribution in [0.25, 0.3) is 11.0 Å². The molecule has 0 spiro atoms. The predicted octanol–water partition coefficient (Wildman–Crippen LogP) is 0.605. The van der Waals surface area contributed by atoms with E-state index < -0.39 is 0 Å². The molecule has 0 aromatic carbocycles. The fourth-order valence-corrected chi connectivity index (χ4v) is 2.39. The van der Waals surface area contributed by atoms with Crippen molar-refractivity contribution in [1.82, 2.24) is 19.7 Å². The number of nitrogens with zero attached hydrogens (tertiary/aromatic N) is 5. The molecular weight excluding hydrogens is 258 g/mol. The van der Waals surface area contributed by atoms with E-state index in [0.29, 0.717) is 19.2 Å². The summed E-state index contributed by atoms with van der Waals surface area (Å²) in [6.07, 6.45) is 3.52. The maximum Gasteiger partial charge on any atom is 0.227 e. The number of morpholine rings is 1. The quantitative estimate of drug-likeness (QED) is 0.885. The fourth-order valence-electron chi connectivity index (χ4n) is 2.39. The van der Waals surface area contributed by atoms with Gasteiger partial charge in [-0.2, -0.15) is 10.1 Å². The smallest absolute Gasteiger partial charge is 0.227 e. The monoisotopic (exact) mass is 277 g/mol. The SMILES string of the molecule is CC(CO)n1ncc2cnc(N3CCOC[C@@H]3C)nc21. The van der Waals surface area contributed by atoms with Gasteiger partial charge in [0.05, 0.1) is 43.5 Å². The summed E-state index contributed by atoms with van der Waals surface area (Å²) in [6.45, 7) is 6.21. The highest BCUT2D eigenvalue weighted by molar-refractivity contribution is 5.74. The number of fused-ring (bicyclic) bond motifs is 1. The Morgan fingerprint density at radius 2 is 2.35 bits per heavy atom. The Morgan fingerprint density at radius 3 is 3.10 bits per heavy atom. The summed E-state index contributed by atoms with van der Waals surface area (Å²) in [7, 11) is 0. The van der Waals surface area contributed by atoms with Gasteiger partial charge in [-0.3, -0.25) is 0 Å². The Balaban J connectivity index is 2.00. The number of aliphatic hydroxyl groups is 1. The molecule has 1 unspecified atom stereocenters. The molecule has 1 aliphatic rings. The van der Waals surface area contributed by atoms with E-state index in [-0.39, 0.29) is 18.7 Å². The molecule has 1 N–H and O–H groups in total. The number of aromatic nitrogens is 4. The number of anilines is 1. The van der Waals surface area contributed by atoms with Crippen molar-refractivity contribution in [2.24, 2.45) is 0 Å². The molecule has 7 heteroatoms. The number of hydrogen-bond donors (Lipinski definition) is 1. The van der Waals surface area contributed by atoms with Crippen molar-refractivity contribution in [3.05, 3.63) is 12.4 Å². The van der Waals surface area contributed by atoms with Crippen LogP contribution in [0.5, 0.6) is 0 Å². The maximum absolute atomic E-state index is 9.29. The van der Waals surface area contributed by atoms with Crippen LogP contribution in [0.15, 0.2) is 12.4 Å². The third kappa shape index (κ3) is 2.23. The first kappa shape index (κ1) is 13.3. The molecule has 2 aromatic rings. The number of ether oxygens (including phenoxy) is 1. The summed E-state index contributed by atoms with van der Waals surface area (Å²) >= 11 is 0. The first-order valence-corrected chi connectivity index (χ1v) is 6.86. The summed E-state index contributed by atoms with van der Waals surface area (Å²) in [5.41, 5.74) is 0.759. The van der Waals surface area contributed by atoms with Gasteiger partial charge in [0.25, 0.3) is 0 Å². The van der Waals surface area contributed by atoms with Gasteiger partial charge in [-0.15, -0.1) is 0 Å². The molecule has 20 heavy (non-hydrogen) atoms. The van der Waals surface area contributed by atoms with Gasteiger partial charge in [0, 0.05) is 12.7 Å². The van der Waals surface area contributed by atoms with Crippen molar-refractivity contribution in [2.45, 2.75) is 25.9 Å². The van der Waals surface area contributed by atoms with Crippen LogP contribution in [0, 0.1) is 0 Å². The zero-order chi connectivity index (χ0) is 14.1. The lowest BCUT2D eigenvalue weighted by Gasteiger charge is -2.33. The van der Waals surface area contributed by atoms with Crippen molar-refractivity contribution >= 4 is 17.0 Å². The first-order chi connectivity index (χ1) is 9.70. The Labute approximate surface area is 117 Å². The highest BCUT2D eigenvalue weighted by Crippen LogP contribution is 2.20. The molecule has 108 valence electrons. The molecule has 3 heterocycles. The lowest BCUT2D eigenvalue weighted by Crippen LogP contribution is -2.44. The van der Waals surface area contributed by atoms with Gasteiger partial charge < -0.3 is 14.7 Å². The molecule has 0 aliphatic carbocycles. The molecule has 1 fully saturated rings. The topological polar surface area (TPSA) is 76.3 Å². The summed E-state index contributed by atoms with van der Waals surface area (Å²) in [4.78, 5) is 11.2. The van der Waals surface area contributed by atoms with E-state index in [2.05, 4.69) is 26.9 Å². The lowest BCUT2D eigenvalue weighted by atomic mass is 10.3. The average Bonchev–Trinajstić information content (AvgIpc) is 2.90. The van der Waals surface area contributed by atoms with E-state index in [1.54, 1.807) is 17.1 Å². The van der Waals surface area contributed by atoms with Gasteiger partial charge in [-0.25, -0.2) is 9.67 Å². The lowest BCUT2D eigenvalue weighted by molar-refractivity contribution is 0.0981. The van der Waals surface area contributed by atoms with Gasteiger partial charge in [-0.1, -0.05) is 0 Å². The van der Waals surface area contributed by atoms with E-state index in [9.17, 15) is 5.11 Å². The van der Waals surface area contributed by atoms with Crippen molar-refractivity contribution in [1.29, 1.82) is 0 Å². The minimum absolute atomic E-state index is 0.0318. The second-order valence-corrected chi connectivity index (χ2v) is 5.19. The fraction of sp³-hybridized carbons (Fsp3) is 0.615. The predicted molar refractivity (Wildman–Crippen MR) is 74.7 cm³/mol. The van der Waals surface area contributed by atoms with Gasteiger partial charge >= 0.3 is 0 Å². The third-order valence-corrected chi connectivity index (χ3v) is 3.63. The zero-order valence-electron chi connectivity index (χ0n) is 11.7. The zero-order valence-corrected chi connectivity index (χ0v) is 11.7. The maximum atomic E-state index is 9.29. The third-order valence-electron chi connectivity index (χ3n) is 3.63. The highest BCUT2D eigenvalue weighted by Gasteiger charge is 2.22. The van der Waals surface area contributed by atoms with Crippen molar-refractivity contribution in [3.63, 3.8) is 0 Å². The second-order valence-electron chi connectivity index (χ2n) is 5.19. The van der Waals surface area contributed by atoms with Gasteiger partial charge in [-0.05, 0) is 13.8 Å². The Morgan fingerprint density at radius 1 is 1.50 bits per heavy atom. The summed E-state index contributed by atoms with van der Waals surface area (Å²) in [5.74, 6) is 0.695. The van der Waals surface area contributed by atoms with E-state index >= 15 is 0 Å². The van der Waals surface area contributed by atoms with Gasteiger partial charge in [0.2, 0.25) is 5.95 Å². The molecular formula is C13H19N5O2. The van der Waals surface area contributed by atoms with Crippen LogP contribution in [0.3, 0.4) is 0 Å². The number of rotatable bonds is 3. The Kier molecular flexibility index (Phi) is 3.54. The molecule has 0 amide bonds. The van der Waals surface area contributed by atoms with Crippen LogP contribution >= 0.6 is 0 Å². The summed E-state index contributed by atoms with van der Waals surface area (Å²) < 4.78 is 7.18. The van der Waals surface area contributed by atoms with Crippen LogP contribution < -0.4 is 4.90 Å². The van der Waals surface area contributed by atoms with Crippen molar-refractivity contribution in [2.75, 3.05) is 31.3 Å². The molecule has 2 atom stereocenters. The number of aliphatic hydroxyl groups excluding tert-OH is 1. The second kappa shape index (κ2) is 5.34. The summed E-state index contributed by atoms with van der Waals surface area (Å²) in [5, 5.41) is 14.5. The van der Waals surface area contributed by atoms with E-state index in [0.717, 1.165) is 17.6 Å². The molecule has 1 aliphatic heterocycles. The van der Waals surface area contributed by atoms with Crippen molar-refractivity contribution < 1.29 is 9.84 Å². The minimum atomic E-state index is -0.0997. The van der Waals surface area contributed by atoms with E-state index in [1.807, 2.05) is 6.92 Å². The normalized spacial score (nSPS) is 21.4. The first-order valence-electron chi connectivity index (χ1n) is 6.86. The number of hydrogen-bond acceptors (Lipinski definition) is 6. The van der Waals surface area contributed by atoms with Crippen LogP contribution in [0.1, 0.15) is 19.9 Å². The molecule has 2 aromatic heterocycles. The highest BCUT2D eigenvalue weighted by atomic mass is 16.5.